The Labute approximate surface area is 141 Å². The highest BCUT2D eigenvalue weighted by Crippen LogP contribution is 2.30. The maximum Gasteiger partial charge on any atom is 0.433 e. The molecule has 0 saturated heterocycles. The van der Waals surface area contributed by atoms with Crippen molar-refractivity contribution in [3.05, 3.63) is 42.4 Å². The van der Waals surface area contributed by atoms with Crippen molar-refractivity contribution in [2.24, 2.45) is 5.92 Å². The minimum absolute atomic E-state index is 0.123. The SMILES string of the molecule is Cc1cc(C(F)(F)F)n(C[C@@H](C)Cn2cc(-c3cncnc3)nn2)n1. The summed E-state index contributed by atoms with van der Waals surface area (Å²) in [4.78, 5) is 7.83. The molecule has 10 heteroatoms. The molecule has 0 aliphatic carbocycles. The first-order valence-corrected chi connectivity index (χ1v) is 7.60. The van der Waals surface area contributed by atoms with Gasteiger partial charge in [-0.25, -0.2) is 9.97 Å². The van der Waals surface area contributed by atoms with E-state index >= 15 is 0 Å². The number of aromatic nitrogens is 7. The lowest BCUT2D eigenvalue weighted by atomic mass is 10.2. The van der Waals surface area contributed by atoms with E-state index in [2.05, 4.69) is 25.4 Å². The molecule has 0 aromatic carbocycles. The monoisotopic (exact) mass is 351 g/mol. The van der Waals surface area contributed by atoms with Crippen LogP contribution in [0.2, 0.25) is 0 Å². The minimum Gasteiger partial charge on any atom is -0.260 e. The fourth-order valence-corrected chi connectivity index (χ4v) is 2.54. The van der Waals surface area contributed by atoms with E-state index < -0.39 is 11.9 Å². The van der Waals surface area contributed by atoms with Crippen LogP contribution in [0.15, 0.2) is 31.0 Å². The number of hydrogen-bond acceptors (Lipinski definition) is 5. The Bertz CT molecular complexity index is 838. The lowest BCUT2D eigenvalue weighted by molar-refractivity contribution is -0.144. The van der Waals surface area contributed by atoms with Gasteiger partial charge in [-0.1, -0.05) is 12.1 Å². The van der Waals surface area contributed by atoms with Crippen LogP contribution in [0.25, 0.3) is 11.3 Å². The Hall–Kier alpha value is -2.78. The average Bonchev–Trinajstić information content (AvgIpc) is 3.14. The number of aryl methyl sites for hydroxylation is 1. The zero-order valence-corrected chi connectivity index (χ0v) is 13.6. The van der Waals surface area contributed by atoms with Crippen molar-refractivity contribution in [3.63, 3.8) is 0 Å². The summed E-state index contributed by atoms with van der Waals surface area (Å²) >= 11 is 0. The second-order valence-electron chi connectivity index (χ2n) is 5.91. The summed E-state index contributed by atoms with van der Waals surface area (Å²) in [6, 6.07) is 1.05. The lowest BCUT2D eigenvalue weighted by Crippen LogP contribution is -2.20. The molecule has 132 valence electrons. The first-order valence-electron chi connectivity index (χ1n) is 7.60. The molecule has 0 N–H and O–H groups in total. The highest BCUT2D eigenvalue weighted by atomic mass is 19.4. The number of hydrogen-bond donors (Lipinski definition) is 0. The van der Waals surface area contributed by atoms with Gasteiger partial charge in [0.1, 0.15) is 17.7 Å². The summed E-state index contributed by atoms with van der Waals surface area (Å²) in [6.07, 6.45) is 1.95. The standard InChI is InChI=1S/C15H16F3N7/c1-10(7-25-14(15(16,17)18)3-11(2)22-25)6-24-8-13(21-23-24)12-4-19-9-20-5-12/h3-5,8-10H,6-7H2,1-2H3/t10-/m0/s1. The Morgan fingerprint density at radius 2 is 1.88 bits per heavy atom. The molecule has 0 aliphatic rings. The molecule has 0 bridgehead atoms. The average molecular weight is 351 g/mol. The van der Waals surface area contributed by atoms with Crippen LogP contribution >= 0.6 is 0 Å². The van der Waals surface area contributed by atoms with Gasteiger partial charge < -0.3 is 0 Å². The lowest BCUT2D eigenvalue weighted by Gasteiger charge is -2.15. The van der Waals surface area contributed by atoms with Gasteiger partial charge in [-0.15, -0.1) is 5.10 Å². The highest BCUT2D eigenvalue weighted by molar-refractivity contribution is 5.54. The van der Waals surface area contributed by atoms with Gasteiger partial charge in [0.15, 0.2) is 0 Å². The summed E-state index contributed by atoms with van der Waals surface area (Å²) in [6.45, 7) is 3.93. The fourth-order valence-electron chi connectivity index (χ4n) is 2.54. The maximum atomic E-state index is 13.0. The van der Waals surface area contributed by atoms with Gasteiger partial charge in [-0.3, -0.25) is 9.36 Å². The molecule has 0 spiro atoms. The number of alkyl halides is 3. The summed E-state index contributed by atoms with van der Waals surface area (Å²) in [5.41, 5.74) is 0.936. The van der Waals surface area contributed by atoms with Crippen LogP contribution in [0.4, 0.5) is 13.2 Å². The van der Waals surface area contributed by atoms with E-state index in [9.17, 15) is 13.2 Å². The molecular formula is C15H16F3N7. The van der Waals surface area contributed by atoms with Gasteiger partial charge in [-0.2, -0.15) is 18.3 Å². The third-order valence-corrected chi connectivity index (χ3v) is 3.57. The molecule has 0 fully saturated rings. The molecule has 0 unspecified atom stereocenters. The van der Waals surface area contributed by atoms with Crippen LogP contribution in [0, 0.1) is 12.8 Å². The Balaban J connectivity index is 1.70. The molecule has 0 amide bonds. The van der Waals surface area contributed by atoms with E-state index in [1.807, 2.05) is 6.92 Å². The zero-order valence-electron chi connectivity index (χ0n) is 13.6. The van der Waals surface area contributed by atoms with Crippen LogP contribution < -0.4 is 0 Å². The van der Waals surface area contributed by atoms with E-state index in [4.69, 9.17) is 0 Å². The Morgan fingerprint density at radius 1 is 1.16 bits per heavy atom. The third-order valence-electron chi connectivity index (χ3n) is 3.57. The first kappa shape index (κ1) is 17.1. The molecular weight excluding hydrogens is 335 g/mol. The predicted molar refractivity (Wildman–Crippen MR) is 82.2 cm³/mol. The second kappa shape index (κ2) is 6.61. The van der Waals surface area contributed by atoms with Crippen LogP contribution in [0.3, 0.4) is 0 Å². The molecule has 3 heterocycles. The van der Waals surface area contributed by atoms with Crippen molar-refractivity contribution in [2.75, 3.05) is 0 Å². The van der Waals surface area contributed by atoms with Gasteiger partial charge in [0, 0.05) is 31.0 Å². The van der Waals surface area contributed by atoms with Crippen molar-refractivity contribution < 1.29 is 13.2 Å². The van der Waals surface area contributed by atoms with E-state index in [0.717, 1.165) is 16.3 Å². The number of halogens is 3. The first-order chi connectivity index (χ1) is 11.8. The smallest absolute Gasteiger partial charge is 0.260 e. The quantitative estimate of drug-likeness (QED) is 0.706. The van der Waals surface area contributed by atoms with Gasteiger partial charge >= 0.3 is 6.18 Å². The topological polar surface area (TPSA) is 74.3 Å². The van der Waals surface area contributed by atoms with Crippen LogP contribution in [0.1, 0.15) is 18.3 Å². The van der Waals surface area contributed by atoms with Crippen LogP contribution in [0.5, 0.6) is 0 Å². The molecule has 25 heavy (non-hydrogen) atoms. The Kier molecular flexibility index (Phi) is 4.51. The van der Waals surface area contributed by atoms with Crippen molar-refractivity contribution in [2.45, 2.75) is 33.1 Å². The number of rotatable bonds is 5. The second-order valence-corrected chi connectivity index (χ2v) is 5.91. The largest absolute Gasteiger partial charge is 0.433 e. The third kappa shape index (κ3) is 4.01. The molecule has 0 saturated carbocycles. The molecule has 0 aliphatic heterocycles. The summed E-state index contributed by atoms with van der Waals surface area (Å²) in [5.74, 6) is -0.123. The molecule has 3 aromatic rings. The van der Waals surface area contributed by atoms with E-state index in [1.165, 1.54) is 6.33 Å². The molecule has 0 radical (unpaired) electrons. The molecule has 3 rings (SSSR count). The highest BCUT2D eigenvalue weighted by Gasteiger charge is 2.35. The molecule has 7 nitrogen and oxygen atoms in total. The summed E-state index contributed by atoms with van der Waals surface area (Å²) in [7, 11) is 0. The van der Waals surface area contributed by atoms with E-state index in [1.54, 1.807) is 30.2 Å². The maximum absolute atomic E-state index is 13.0. The summed E-state index contributed by atoms with van der Waals surface area (Å²) in [5, 5.41) is 12.0. The molecule has 1 atom stereocenters. The minimum atomic E-state index is -4.42. The zero-order chi connectivity index (χ0) is 18.0. The molecule has 3 aromatic heterocycles. The van der Waals surface area contributed by atoms with Gasteiger partial charge in [0.2, 0.25) is 0 Å². The predicted octanol–water partition coefficient (Wildman–Crippen LogP) is 2.60. The van der Waals surface area contributed by atoms with Gasteiger partial charge in [0.05, 0.1) is 11.9 Å². The van der Waals surface area contributed by atoms with Gasteiger partial charge in [0.25, 0.3) is 0 Å². The van der Waals surface area contributed by atoms with Crippen molar-refractivity contribution in [1.82, 2.24) is 34.7 Å². The van der Waals surface area contributed by atoms with Crippen LogP contribution in [-0.4, -0.2) is 34.7 Å². The van der Waals surface area contributed by atoms with E-state index in [-0.39, 0.29) is 12.5 Å². The fraction of sp³-hybridized carbons (Fsp3) is 0.400. The van der Waals surface area contributed by atoms with Crippen molar-refractivity contribution in [1.29, 1.82) is 0 Å². The normalized spacial score (nSPS) is 13.2. The van der Waals surface area contributed by atoms with Crippen molar-refractivity contribution in [3.8, 4) is 11.3 Å². The van der Waals surface area contributed by atoms with Crippen LogP contribution in [-0.2, 0) is 19.3 Å². The Morgan fingerprint density at radius 3 is 2.56 bits per heavy atom. The van der Waals surface area contributed by atoms with Crippen molar-refractivity contribution >= 4 is 0 Å². The summed E-state index contributed by atoms with van der Waals surface area (Å²) < 4.78 is 41.7. The number of nitrogens with zero attached hydrogens (tertiary/aromatic N) is 7. The van der Waals surface area contributed by atoms with E-state index in [0.29, 0.717) is 17.9 Å². The van der Waals surface area contributed by atoms with Gasteiger partial charge in [-0.05, 0) is 18.9 Å².